The number of aromatic carboxylic acids is 2. The molecular formula is C35H24Cl5NO10. The van der Waals surface area contributed by atoms with Crippen molar-refractivity contribution in [2.24, 2.45) is 0 Å². The van der Waals surface area contributed by atoms with Crippen LogP contribution in [0.3, 0.4) is 0 Å². The van der Waals surface area contributed by atoms with Gasteiger partial charge in [-0.3, -0.25) is 14.4 Å². The van der Waals surface area contributed by atoms with Gasteiger partial charge in [-0.1, -0.05) is 70.1 Å². The normalized spacial score (nSPS) is 11.2. The van der Waals surface area contributed by atoms with E-state index in [9.17, 15) is 39.3 Å². The van der Waals surface area contributed by atoms with E-state index in [1.165, 1.54) is 43.5 Å². The molecular weight excluding hydrogens is 772 g/mol. The Kier molecular flexibility index (Phi) is 11.4. The summed E-state index contributed by atoms with van der Waals surface area (Å²) < 4.78 is 10.8. The second-order valence-electron chi connectivity index (χ2n) is 11.1. The smallest absolute Gasteiger partial charge is 0.337 e. The SMILES string of the molecule is COC(=O)CCCCC(=O)NCc1c(O)c(-c2ccc(C(=O)O)cc2)cc2c(-c3c(Cl)c(Cl)c(Cl)c(Cl)c3C(=O)O)c3cc(Cl)c(=O)cc-3oc12. The summed E-state index contributed by atoms with van der Waals surface area (Å²) in [4.78, 5) is 61.4. The van der Waals surface area contributed by atoms with E-state index in [-0.39, 0.29) is 89.6 Å². The lowest BCUT2D eigenvalue weighted by Gasteiger charge is -2.22. The van der Waals surface area contributed by atoms with E-state index in [1.807, 2.05) is 0 Å². The number of ether oxygens (including phenoxy) is 1. The fourth-order valence-corrected chi connectivity index (χ4v) is 6.72. The number of phenolic OH excluding ortho intramolecular Hbond substituents is 1. The maximum absolute atomic E-state index is 12.9. The van der Waals surface area contributed by atoms with E-state index >= 15 is 0 Å². The molecule has 1 aliphatic heterocycles. The van der Waals surface area contributed by atoms with Crippen LogP contribution in [0.15, 0.2) is 51.7 Å². The highest BCUT2D eigenvalue weighted by molar-refractivity contribution is 6.54. The summed E-state index contributed by atoms with van der Waals surface area (Å²) in [5.74, 6) is -4.07. The summed E-state index contributed by atoms with van der Waals surface area (Å²) in [6, 6.07) is 9.27. The Morgan fingerprint density at radius 3 is 2.08 bits per heavy atom. The van der Waals surface area contributed by atoms with E-state index in [1.54, 1.807) is 0 Å². The number of nitrogens with one attached hydrogen (secondary N) is 1. The molecule has 0 spiro atoms. The van der Waals surface area contributed by atoms with Crippen LogP contribution in [0, 0.1) is 0 Å². The van der Waals surface area contributed by atoms with E-state index in [0.717, 1.165) is 6.07 Å². The molecule has 0 atom stereocenters. The zero-order chi connectivity index (χ0) is 37.3. The third-order valence-electron chi connectivity index (χ3n) is 8.03. The van der Waals surface area contributed by atoms with Gasteiger partial charge in [0.1, 0.15) is 17.1 Å². The van der Waals surface area contributed by atoms with E-state index in [0.29, 0.717) is 18.4 Å². The summed E-state index contributed by atoms with van der Waals surface area (Å²) in [6.45, 7) is -0.340. The summed E-state index contributed by atoms with van der Waals surface area (Å²) in [7, 11) is 1.26. The lowest BCUT2D eigenvalue weighted by molar-refractivity contribution is -0.140. The number of phenols is 1. The molecule has 5 rings (SSSR count). The van der Waals surface area contributed by atoms with Gasteiger partial charge in [-0.05, 0) is 42.7 Å². The Morgan fingerprint density at radius 1 is 0.804 bits per heavy atom. The molecule has 0 fully saturated rings. The number of methoxy groups -OCH3 is 1. The molecule has 51 heavy (non-hydrogen) atoms. The highest BCUT2D eigenvalue weighted by Gasteiger charge is 2.32. The van der Waals surface area contributed by atoms with Crippen LogP contribution in [0.5, 0.6) is 5.75 Å². The molecule has 3 aromatic carbocycles. The maximum atomic E-state index is 12.9. The van der Waals surface area contributed by atoms with Crippen LogP contribution in [0.1, 0.15) is 52.0 Å². The number of carbonyl (C=O) groups excluding carboxylic acids is 2. The Labute approximate surface area is 313 Å². The van der Waals surface area contributed by atoms with Crippen molar-refractivity contribution in [3.63, 3.8) is 0 Å². The topological polar surface area (TPSA) is 180 Å². The maximum Gasteiger partial charge on any atom is 0.337 e. The second-order valence-corrected chi connectivity index (χ2v) is 13.1. The van der Waals surface area contributed by atoms with Crippen molar-refractivity contribution in [3.8, 4) is 39.3 Å². The Balaban J connectivity index is 1.85. The Hall–Kier alpha value is -4.52. The largest absolute Gasteiger partial charge is 0.507 e. The van der Waals surface area contributed by atoms with Crippen molar-refractivity contribution in [3.05, 3.63) is 94.5 Å². The zero-order valence-electron chi connectivity index (χ0n) is 26.2. The van der Waals surface area contributed by atoms with Crippen LogP contribution in [0.2, 0.25) is 25.1 Å². The van der Waals surface area contributed by atoms with E-state index in [2.05, 4.69) is 10.1 Å². The number of benzene rings is 4. The monoisotopic (exact) mass is 793 g/mol. The Bertz CT molecular complexity index is 2290. The summed E-state index contributed by atoms with van der Waals surface area (Å²) in [5, 5.41) is 32.8. The quantitative estimate of drug-likeness (QED) is 0.0331. The highest BCUT2D eigenvalue weighted by Crippen LogP contribution is 2.52. The van der Waals surface area contributed by atoms with Crippen molar-refractivity contribution in [1.29, 1.82) is 0 Å². The predicted molar refractivity (Wildman–Crippen MR) is 193 cm³/mol. The average Bonchev–Trinajstić information content (AvgIpc) is 3.09. The number of carboxylic acid groups (broad SMARTS) is 2. The van der Waals surface area contributed by atoms with Gasteiger partial charge in [0, 0.05) is 46.5 Å². The highest BCUT2D eigenvalue weighted by atomic mass is 35.5. The molecule has 0 saturated carbocycles. The number of carboxylic acids is 2. The third-order valence-corrected chi connectivity index (χ3v) is 10.1. The molecule has 0 aromatic heterocycles. The van der Waals surface area contributed by atoms with Gasteiger partial charge >= 0.3 is 17.9 Å². The van der Waals surface area contributed by atoms with E-state index < -0.39 is 45.6 Å². The number of amides is 1. The van der Waals surface area contributed by atoms with Crippen molar-refractivity contribution < 1.29 is 43.7 Å². The fourth-order valence-electron chi connectivity index (χ4n) is 5.53. The predicted octanol–water partition coefficient (Wildman–Crippen LogP) is 8.95. The number of hydrogen-bond acceptors (Lipinski definition) is 8. The molecule has 1 amide bonds. The average molecular weight is 796 g/mol. The van der Waals surface area contributed by atoms with Crippen LogP contribution in [0.25, 0.3) is 44.5 Å². The lowest BCUT2D eigenvalue weighted by atomic mass is 9.87. The molecule has 0 bridgehead atoms. The van der Waals surface area contributed by atoms with Gasteiger partial charge in [0.2, 0.25) is 11.3 Å². The number of carbonyl (C=O) groups is 4. The molecule has 2 aliphatic rings. The number of halogens is 5. The molecule has 0 radical (unpaired) electrons. The van der Waals surface area contributed by atoms with Gasteiger partial charge in [-0.25, -0.2) is 9.59 Å². The first-order valence-electron chi connectivity index (χ1n) is 14.9. The fraction of sp³-hybridized carbons (Fsp3) is 0.171. The van der Waals surface area contributed by atoms with Crippen LogP contribution >= 0.6 is 58.0 Å². The van der Waals surface area contributed by atoms with Crippen LogP contribution in [-0.4, -0.2) is 46.2 Å². The number of fused-ring (bicyclic) bond motifs is 2. The van der Waals surface area contributed by atoms with Crippen molar-refractivity contribution in [2.75, 3.05) is 7.11 Å². The number of esters is 1. The van der Waals surface area contributed by atoms with Gasteiger partial charge in [-0.2, -0.15) is 0 Å². The molecule has 16 heteroatoms. The van der Waals surface area contributed by atoms with Crippen molar-refractivity contribution >= 4 is 92.8 Å². The minimum atomic E-state index is -1.54. The van der Waals surface area contributed by atoms with Gasteiger partial charge in [0.05, 0.1) is 55.5 Å². The number of aromatic hydroxyl groups is 1. The standard InChI is InChI=1S/C35H24Cl5NO10/c1-50-24(44)5-3-2-4-23(43)41-13-19-32(45)16(14-6-8-15(9-7-14)34(46)47)10-18-25(17-11-20(36)21(42)12-22(17)51-33(18)19)26-27(35(48)49)29(38)31(40)30(39)28(26)37/h6-12,45H,2-5,13H2,1H3,(H,41,43)(H,46,47)(H,48,49). The van der Waals surface area contributed by atoms with Gasteiger partial charge in [0.25, 0.3) is 0 Å². The van der Waals surface area contributed by atoms with Crippen molar-refractivity contribution in [1.82, 2.24) is 5.32 Å². The van der Waals surface area contributed by atoms with Gasteiger partial charge in [0.15, 0.2) is 0 Å². The van der Waals surface area contributed by atoms with Crippen LogP contribution < -0.4 is 10.7 Å². The third kappa shape index (κ3) is 7.44. The van der Waals surface area contributed by atoms with Gasteiger partial charge < -0.3 is 29.8 Å². The molecule has 0 saturated heterocycles. The second kappa shape index (κ2) is 15.4. The molecule has 1 aliphatic carbocycles. The molecule has 3 aromatic rings. The number of rotatable bonds is 11. The van der Waals surface area contributed by atoms with Crippen LogP contribution in [-0.2, 0) is 20.9 Å². The minimum Gasteiger partial charge on any atom is -0.507 e. The first kappa shape index (κ1) is 37.7. The molecule has 1 heterocycles. The first-order valence-corrected chi connectivity index (χ1v) is 16.8. The summed E-state index contributed by atoms with van der Waals surface area (Å²) in [5.41, 5.74) is -0.978. The Morgan fingerprint density at radius 2 is 1.45 bits per heavy atom. The summed E-state index contributed by atoms with van der Waals surface area (Å²) >= 11 is 32.2. The van der Waals surface area contributed by atoms with E-state index in [4.69, 9.17) is 62.4 Å². The summed E-state index contributed by atoms with van der Waals surface area (Å²) in [6.07, 6.45) is 0.886. The zero-order valence-corrected chi connectivity index (χ0v) is 29.9. The molecule has 0 unspecified atom stereocenters. The lowest BCUT2D eigenvalue weighted by Crippen LogP contribution is -2.22. The molecule has 4 N–H and O–H groups in total. The van der Waals surface area contributed by atoms with Crippen LogP contribution in [0.4, 0.5) is 0 Å². The van der Waals surface area contributed by atoms with Crippen molar-refractivity contribution in [2.45, 2.75) is 32.2 Å². The first-order chi connectivity index (χ1) is 24.2. The number of unbranched alkanes of at least 4 members (excludes halogenated alkanes) is 1. The molecule has 264 valence electrons. The number of hydrogen-bond donors (Lipinski definition) is 4. The molecule has 11 nitrogen and oxygen atoms in total. The van der Waals surface area contributed by atoms with Gasteiger partial charge in [-0.15, -0.1) is 0 Å². The minimum absolute atomic E-state index is 0.00238.